The number of rotatable bonds is 5. The lowest BCUT2D eigenvalue weighted by Gasteiger charge is -2.27. The predicted molar refractivity (Wildman–Crippen MR) is 77.9 cm³/mol. The minimum absolute atomic E-state index is 0. The van der Waals surface area contributed by atoms with Gasteiger partial charge < -0.3 is 15.4 Å². The predicted octanol–water partition coefficient (Wildman–Crippen LogP) is 1.52. The molecule has 0 spiro atoms. The summed E-state index contributed by atoms with van der Waals surface area (Å²) in [6.07, 6.45) is -0.458. The molecule has 1 heterocycles. The number of carbonyl (C=O) groups is 1. The molecule has 0 saturated carbocycles. The topological polar surface area (TPSA) is 50.4 Å². The molecule has 1 unspecified atom stereocenters. The maximum Gasteiger partial charge on any atom is 0.260 e. The average molecular weight is 285 g/mol. The molecule has 0 aromatic heterocycles. The van der Waals surface area contributed by atoms with E-state index in [0.29, 0.717) is 5.92 Å². The number of halogens is 1. The van der Waals surface area contributed by atoms with Crippen LogP contribution in [0.1, 0.15) is 12.5 Å². The normalized spacial score (nSPS) is 15.9. The van der Waals surface area contributed by atoms with Crippen molar-refractivity contribution in [3.63, 3.8) is 0 Å². The standard InChI is InChI=1S/C14H20N2O2.ClH/c1-10-4-3-5-13(6-10)18-11(2)14(17)16-9-12-7-15-8-12;/h3-6,11-12,15H,7-9H2,1-2H3,(H,16,17);1H. The zero-order valence-corrected chi connectivity index (χ0v) is 12.1. The van der Waals surface area contributed by atoms with Gasteiger partial charge >= 0.3 is 0 Å². The van der Waals surface area contributed by atoms with Crippen LogP contribution in [0.25, 0.3) is 0 Å². The second-order valence-electron chi connectivity index (χ2n) is 4.85. The lowest BCUT2D eigenvalue weighted by atomic mass is 10.0. The van der Waals surface area contributed by atoms with E-state index < -0.39 is 6.10 Å². The summed E-state index contributed by atoms with van der Waals surface area (Å²) in [6.45, 7) is 6.49. The maximum atomic E-state index is 11.8. The molecule has 1 aromatic rings. The highest BCUT2D eigenvalue weighted by Crippen LogP contribution is 2.14. The van der Waals surface area contributed by atoms with Crippen LogP contribution in [0.2, 0.25) is 0 Å². The second kappa shape index (κ2) is 7.36. The zero-order valence-electron chi connectivity index (χ0n) is 11.3. The van der Waals surface area contributed by atoms with Crippen molar-refractivity contribution < 1.29 is 9.53 Å². The quantitative estimate of drug-likeness (QED) is 0.862. The van der Waals surface area contributed by atoms with Gasteiger partial charge in [0.05, 0.1) is 0 Å². The molecule has 1 amide bonds. The SMILES string of the molecule is Cc1cccc(OC(C)C(=O)NCC2CNC2)c1.Cl. The lowest BCUT2D eigenvalue weighted by molar-refractivity contribution is -0.127. The third kappa shape index (κ3) is 4.73. The van der Waals surface area contributed by atoms with Gasteiger partial charge in [0.15, 0.2) is 6.10 Å². The van der Waals surface area contributed by atoms with Crippen LogP contribution in [0.3, 0.4) is 0 Å². The highest BCUT2D eigenvalue weighted by Gasteiger charge is 2.20. The van der Waals surface area contributed by atoms with Gasteiger partial charge in [-0.2, -0.15) is 0 Å². The number of carbonyl (C=O) groups excluding carboxylic acids is 1. The van der Waals surface area contributed by atoms with Crippen molar-refractivity contribution >= 4 is 18.3 Å². The molecular formula is C14H21ClN2O2. The highest BCUT2D eigenvalue weighted by atomic mass is 35.5. The first-order valence-corrected chi connectivity index (χ1v) is 6.37. The lowest BCUT2D eigenvalue weighted by Crippen LogP contribution is -2.49. The van der Waals surface area contributed by atoms with Crippen molar-refractivity contribution in [2.24, 2.45) is 5.92 Å². The summed E-state index contributed by atoms with van der Waals surface area (Å²) in [5.74, 6) is 1.26. The van der Waals surface area contributed by atoms with Gasteiger partial charge in [-0.05, 0) is 31.5 Å². The van der Waals surface area contributed by atoms with E-state index in [-0.39, 0.29) is 18.3 Å². The van der Waals surface area contributed by atoms with Crippen LogP contribution in [0.15, 0.2) is 24.3 Å². The van der Waals surface area contributed by atoms with Gasteiger partial charge in [0.1, 0.15) is 5.75 Å². The van der Waals surface area contributed by atoms with Crippen molar-refractivity contribution in [3.05, 3.63) is 29.8 Å². The number of nitrogens with one attached hydrogen (secondary N) is 2. The summed E-state index contributed by atoms with van der Waals surface area (Å²) in [7, 11) is 0. The molecule has 2 rings (SSSR count). The fraction of sp³-hybridized carbons (Fsp3) is 0.500. The molecular weight excluding hydrogens is 264 g/mol. The van der Waals surface area contributed by atoms with E-state index in [9.17, 15) is 4.79 Å². The Morgan fingerprint density at radius 1 is 1.53 bits per heavy atom. The minimum atomic E-state index is -0.458. The molecule has 106 valence electrons. The zero-order chi connectivity index (χ0) is 13.0. The Labute approximate surface area is 120 Å². The van der Waals surface area contributed by atoms with Crippen molar-refractivity contribution in [1.29, 1.82) is 0 Å². The molecule has 5 heteroatoms. The Kier molecular flexibility index (Phi) is 6.12. The van der Waals surface area contributed by atoms with Gasteiger partial charge in [-0.1, -0.05) is 12.1 Å². The summed E-state index contributed by atoms with van der Waals surface area (Å²) in [5, 5.41) is 6.09. The van der Waals surface area contributed by atoms with Crippen LogP contribution in [-0.2, 0) is 4.79 Å². The molecule has 2 N–H and O–H groups in total. The van der Waals surface area contributed by atoms with Crippen LogP contribution in [-0.4, -0.2) is 31.6 Å². The molecule has 0 radical (unpaired) electrons. The summed E-state index contributed by atoms with van der Waals surface area (Å²) in [4.78, 5) is 11.8. The van der Waals surface area contributed by atoms with Gasteiger partial charge in [-0.15, -0.1) is 12.4 Å². The van der Waals surface area contributed by atoms with Crippen molar-refractivity contribution in [3.8, 4) is 5.75 Å². The number of hydrogen-bond acceptors (Lipinski definition) is 3. The first-order chi connectivity index (χ1) is 8.65. The second-order valence-corrected chi connectivity index (χ2v) is 4.85. The maximum absolute atomic E-state index is 11.8. The first-order valence-electron chi connectivity index (χ1n) is 6.37. The summed E-state index contributed by atoms with van der Waals surface area (Å²) < 4.78 is 5.61. The van der Waals surface area contributed by atoms with Crippen molar-refractivity contribution in [2.45, 2.75) is 20.0 Å². The largest absolute Gasteiger partial charge is 0.481 e. The van der Waals surface area contributed by atoms with Crippen LogP contribution in [0.5, 0.6) is 5.75 Å². The van der Waals surface area contributed by atoms with Crippen LogP contribution >= 0.6 is 12.4 Å². The van der Waals surface area contributed by atoms with Crippen LogP contribution in [0.4, 0.5) is 0 Å². The molecule has 1 aliphatic heterocycles. The van der Waals surface area contributed by atoms with Crippen molar-refractivity contribution in [1.82, 2.24) is 10.6 Å². The molecule has 19 heavy (non-hydrogen) atoms. The fourth-order valence-electron chi connectivity index (χ4n) is 1.83. The van der Waals surface area contributed by atoms with Gasteiger partial charge in [-0.3, -0.25) is 4.79 Å². The van der Waals surface area contributed by atoms with E-state index >= 15 is 0 Å². The smallest absolute Gasteiger partial charge is 0.260 e. The molecule has 1 fully saturated rings. The van der Waals surface area contributed by atoms with E-state index in [1.54, 1.807) is 6.92 Å². The Hall–Kier alpha value is -1.26. The van der Waals surface area contributed by atoms with Crippen LogP contribution in [0, 0.1) is 12.8 Å². The van der Waals surface area contributed by atoms with Crippen LogP contribution < -0.4 is 15.4 Å². The van der Waals surface area contributed by atoms with Gasteiger partial charge in [0.2, 0.25) is 0 Å². The summed E-state index contributed by atoms with van der Waals surface area (Å²) >= 11 is 0. The Bertz CT molecular complexity index is 422. The van der Waals surface area contributed by atoms with E-state index in [1.165, 1.54) is 0 Å². The highest BCUT2D eigenvalue weighted by molar-refractivity contribution is 5.85. The minimum Gasteiger partial charge on any atom is -0.481 e. The molecule has 1 atom stereocenters. The molecule has 1 aliphatic rings. The van der Waals surface area contributed by atoms with Gasteiger partial charge in [-0.25, -0.2) is 0 Å². The van der Waals surface area contributed by atoms with Gasteiger partial charge in [0, 0.05) is 25.6 Å². The van der Waals surface area contributed by atoms with E-state index in [4.69, 9.17) is 4.74 Å². The summed E-state index contributed by atoms with van der Waals surface area (Å²) in [6, 6.07) is 7.72. The Morgan fingerprint density at radius 2 is 2.26 bits per heavy atom. The average Bonchev–Trinajstić information content (AvgIpc) is 2.26. The number of aryl methyl sites for hydroxylation is 1. The number of benzene rings is 1. The molecule has 1 saturated heterocycles. The summed E-state index contributed by atoms with van der Waals surface area (Å²) in [5.41, 5.74) is 1.13. The number of hydrogen-bond donors (Lipinski definition) is 2. The third-order valence-electron chi connectivity index (χ3n) is 3.10. The van der Waals surface area contributed by atoms with Gasteiger partial charge in [0.25, 0.3) is 5.91 Å². The van der Waals surface area contributed by atoms with E-state index in [2.05, 4.69) is 10.6 Å². The number of ether oxygens (including phenoxy) is 1. The monoisotopic (exact) mass is 284 g/mol. The third-order valence-corrected chi connectivity index (χ3v) is 3.10. The molecule has 1 aromatic carbocycles. The Balaban J connectivity index is 0.00000180. The van der Waals surface area contributed by atoms with E-state index in [0.717, 1.165) is 30.9 Å². The molecule has 0 bridgehead atoms. The van der Waals surface area contributed by atoms with Crippen molar-refractivity contribution in [2.75, 3.05) is 19.6 Å². The Morgan fingerprint density at radius 3 is 2.84 bits per heavy atom. The molecule has 4 nitrogen and oxygen atoms in total. The first kappa shape index (κ1) is 15.8. The van der Waals surface area contributed by atoms with E-state index in [1.807, 2.05) is 31.2 Å². The fourth-order valence-corrected chi connectivity index (χ4v) is 1.83. The molecule has 0 aliphatic carbocycles. The number of amides is 1.